The van der Waals surface area contributed by atoms with Gasteiger partial charge in [-0.1, -0.05) is 98.8 Å². The third-order valence-electron chi connectivity index (χ3n) is 11.6. The van der Waals surface area contributed by atoms with Gasteiger partial charge in [-0.2, -0.15) is 0 Å². The summed E-state index contributed by atoms with van der Waals surface area (Å²) in [6.07, 6.45) is 13.7. The van der Waals surface area contributed by atoms with E-state index in [0.717, 1.165) is 91.4 Å². The van der Waals surface area contributed by atoms with E-state index in [-0.39, 0.29) is 52.8 Å². The molecule has 82 heavy (non-hydrogen) atoms. The Hall–Kier alpha value is -7.95. The van der Waals surface area contributed by atoms with Gasteiger partial charge in [-0.25, -0.2) is 0 Å². The minimum atomic E-state index is -0.114. The van der Waals surface area contributed by atoms with Crippen molar-refractivity contribution in [3.05, 3.63) is 138 Å². The molecule has 1 aliphatic rings. The van der Waals surface area contributed by atoms with Gasteiger partial charge in [0.15, 0.2) is 5.78 Å². The van der Waals surface area contributed by atoms with Crippen LogP contribution >= 0.6 is 0 Å². The highest BCUT2D eigenvalue weighted by molar-refractivity contribution is 5.94. The van der Waals surface area contributed by atoms with E-state index in [1.54, 1.807) is 52.0 Å². The maximum absolute atomic E-state index is 10.9. The number of allylic oxidation sites excluding steroid dienone is 4. The molecule has 452 valence electrons. The highest BCUT2D eigenvalue weighted by atomic mass is 16.2. The summed E-state index contributed by atoms with van der Waals surface area (Å²) in [4.78, 5) is 95.7. The molecule has 3 aromatic carbocycles. The van der Waals surface area contributed by atoms with Crippen molar-refractivity contribution in [2.45, 2.75) is 160 Å². The smallest absolute Gasteiger partial charge is 0.221 e. The van der Waals surface area contributed by atoms with Crippen LogP contribution in [0.2, 0.25) is 0 Å². The second kappa shape index (κ2) is 46.8. The van der Waals surface area contributed by atoms with Crippen LogP contribution in [0.3, 0.4) is 0 Å². The zero-order chi connectivity index (χ0) is 62.4. The Kier molecular flexibility index (Phi) is 43.4. The fourth-order valence-electron chi connectivity index (χ4n) is 7.30. The van der Waals surface area contributed by atoms with Crippen molar-refractivity contribution in [2.24, 2.45) is 11.8 Å². The van der Waals surface area contributed by atoms with E-state index in [9.17, 15) is 43.2 Å². The van der Waals surface area contributed by atoms with E-state index in [1.165, 1.54) is 65.9 Å². The number of Topliss-reactive ketones (excluding diaryl/α,β-unsaturated/α-hetero) is 3. The molecule has 17 heteroatoms. The summed E-state index contributed by atoms with van der Waals surface area (Å²) in [5.41, 5.74) is 8.60. The average Bonchev–Trinajstić information content (AvgIpc) is 3.39. The molecule has 1 fully saturated rings. The molecule has 6 amide bonds. The molecule has 0 aromatic heterocycles. The Balaban J connectivity index is 0. The van der Waals surface area contributed by atoms with E-state index in [4.69, 9.17) is 0 Å². The second-order valence-corrected chi connectivity index (χ2v) is 20.4. The van der Waals surface area contributed by atoms with Crippen LogP contribution in [0, 0.1) is 11.8 Å². The second-order valence-electron chi connectivity index (χ2n) is 20.4. The molecule has 3 aromatic rings. The number of carbonyl (C=O) groups excluding carboxylic acids is 9. The minimum Gasteiger partial charge on any atom is -0.389 e. The van der Waals surface area contributed by atoms with Gasteiger partial charge in [0, 0.05) is 122 Å². The molecular weight excluding hydrogens is 1040 g/mol. The minimum absolute atomic E-state index is 0.00646. The predicted octanol–water partition coefficient (Wildman–Crippen LogP) is 10.8. The van der Waals surface area contributed by atoms with E-state index < -0.39 is 0 Å². The number of rotatable bonds is 25. The van der Waals surface area contributed by atoms with Gasteiger partial charge in [0.25, 0.3) is 0 Å². The first-order valence-electron chi connectivity index (χ1n) is 28.0. The average molecular weight is 1140 g/mol. The van der Waals surface area contributed by atoms with E-state index in [2.05, 4.69) is 62.3 Å². The Labute approximate surface area is 490 Å². The maximum atomic E-state index is 10.9. The quantitative estimate of drug-likeness (QED) is 0.0225. The molecule has 0 radical (unpaired) electrons. The fraction of sp³-hybridized carbons (Fsp3) is 0.462. The van der Waals surface area contributed by atoms with E-state index >= 15 is 0 Å². The monoisotopic (exact) mass is 1130 g/mol. The number of unbranched alkanes of at least 4 members (excludes halogenated alkanes) is 2. The summed E-state index contributed by atoms with van der Waals surface area (Å²) in [5.74, 6) is 1.77. The first-order chi connectivity index (χ1) is 38.6. The number of nitrogens with one attached hydrogen (secondary N) is 8. The lowest BCUT2D eigenvalue weighted by Gasteiger charge is -2.29. The van der Waals surface area contributed by atoms with Crippen molar-refractivity contribution in [1.82, 2.24) is 31.9 Å². The number of anilines is 2. The molecule has 1 saturated carbocycles. The topological polar surface area (TPSA) is 250 Å². The van der Waals surface area contributed by atoms with Gasteiger partial charge in [-0.05, 0) is 133 Å². The lowest BCUT2D eigenvalue weighted by atomic mass is 9.81. The Morgan fingerprint density at radius 1 is 0.451 bits per heavy atom. The van der Waals surface area contributed by atoms with Crippen molar-refractivity contribution in [2.75, 3.05) is 36.8 Å². The van der Waals surface area contributed by atoms with Gasteiger partial charge >= 0.3 is 0 Å². The fourth-order valence-corrected chi connectivity index (χ4v) is 7.30. The van der Waals surface area contributed by atoms with Crippen LogP contribution < -0.4 is 42.5 Å². The van der Waals surface area contributed by atoms with Crippen molar-refractivity contribution < 1.29 is 43.2 Å². The molecule has 0 bridgehead atoms. The first-order valence-corrected chi connectivity index (χ1v) is 28.0. The molecule has 0 aliphatic heterocycles. The number of benzene rings is 3. The Morgan fingerprint density at radius 3 is 1.29 bits per heavy atom. The number of amides is 6. The van der Waals surface area contributed by atoms with Crippen LogP contribution in [0.4, 0.5) is 11.4 Å². The van der Waals surface area contributed by atoms with Crippen LogP contribution in [-0.4, -0.2) is 79.0 Å². The van der Waals surface area contributed by atoms with Crippen LogP contribution in [0.1, 0.15) is 174 Å². The summed E-state index contributed by atoms with van der Waals surface area (Å²) < 4.78 is 0. The van der Waals surface area contributed by atoms with Crippen molar-refractivity contribution >= 4 is 69.7 Å². The summed E-state index contributed by atoms with van der Waals surface area (Å²) in [5, 5.41) is 22.8. The van der Waals surface area contributed by atoms with Gasteiger partial charge < -0.3 is 52.1 Å². The molecule has 0 spiro atoms. The molecule has 4 rings (SSSR count). The number of hydrogen-bond donors (Lipinski definition) is 8. The van der Waals surface area contributed by atoms with Gasteiger partial charge in [0.2, 0.25) is 35.4 Å². The maximum Gasteiger partial charge on any atom is 0.221 e. The molecule has 0 saturated heterocycles. The van der Waals surface area contributed by atoms with Crippen LogP contribution in [0.15, 0.2) is 116 Å². The molecular formula is C65H98N8O9. The highest BCUT2D eigenvalue weighted by Gasteiger charge is 2.21. The van der Waals surface area contributed by atoms with Gasteiger partial charge in [0.05, 0.1) is 0 Å². The lowest BCUT2D eigenvalue weighted by molar-refractivity contribution is -0.120. The van der Waals surface area contributed by atoms with Gasteiger partial charge in [-0.15, -0.1) is 0 Å². The van der Waals surface area contributed by atoms with E-state index in [0.29, 0.717) is 43.2 Å². The Bertz CT molecular complexity index is 2320. The van der Waals surface area contributed by atoms with Crippen LogP contribution in [0.25, 0.3) is 5.57 Å². The van der Waals surface area contributed by atoms with Gasteiger partial charge in [0.1, 0.15) is 11.6 Å². The zero-order valence-electron chi connectivity index (χ0n) is 51.3. The molecule has 17 nitrogen and oxygen atoms in total. The van der Waals surface area contributed by atoms with Crippen molar-refractivity contribution in [3.63, 3.8) is 0 Å². The lowest BCUT2D eigenvalue weighted by Crippen LogP contribution is -2.32. The standard InChI is InChI=1S/C13H18N2O.C13H24N2O.C11H12O.C10H12N2O2.C9H17NO2.C9H15NO2/c1-10(2)14-8-12-4-6-13(7-5-12)9-15-11(3)16;1-10(2)14-8-12-5-4-6-13(7-12)9-15-11(3)16;1-8(2)10-4-6-11(7-5-10)9(3)12;1-7(13)11-9-3-5-10(6-4-9)12-8(2)14;2*1-8(11)6-4-3-5-7-10-9(2)12/h4-7,14H,1,8-9H2,2-3H3,(H,15,16);12-14H,1,4-9H2,2-3H3,(H,15,16);4-7H,1H2,2-3H3;3-6H,1-2H3,(H,11,13)(H,12,14);3-7H2,1-2H3,(H,10,12);3,5H,4,6-7H2,1-2H3,(H,10,12)/b;;;;;5-3+. The molecule has 2 unspecified atom stereocenters. The highest BCUT2D eigenvalue weighted by Crippen LogP contribution is 2.28. The Morgan fingerprint density at radius 2 is 0.890 bits per heavy atom. The molecule has 8 N–H and O–H groups in total. The third-order valence-corrected chi connectivity index (χ3v) is 11.6. The predicted molar refractivity (Wildman–Crippen MR) is 334 cm³/mol. The largest absolute Gasteiger partial charge is 0.389 e. The molecule has 1 aliphatic carbocycles. The summed E-state index contributed by atoms with van der Waals surface area (Å²) in [6, 6.07) is 22.5. The summed E-state index contributed by atoms with van der Waals surface area (Å²) in [7, 11) is 0. The number of carbonyl (C=O) groups is 9. The first kappa shape index (κ1) is 76.1. The van der Waals surface area contributed by atoms with Crippen LogP contribution in [-0.2, 0) is 51.4 Å². The molecule has 2 atom stereocenters. The van der Waals surface area contributed by atoms with Crippen LogP contribution in [0.5, 0.6) is 0 Å². The number of ketones is 3. The third kappa shape index (κ3) is 49.1. The van der Waals surface area contributed by atoms with Crippen molar-refractivity contribution in [3.8, 4) is 0 Å². The van der Waals surface area contributed by atoms with Crippen molar-refractivity contribution in [1.29, 1.82) is 0 Å². The summed E-state index contributed by atoms with van der Waals surface area (Å²) >= 11 is 0. The summed E-state index contributed by atoms with van der Waals surface area (Å²) in [6.45, 7) is 35.6. The zero-order valence-corrected chi connectivity index (χ0v) is 51.3. The van der Waals surface area contributed by atoms with E-state index in [1.807, 2.05) is 81.5 Å². The normalized spacial score (nSPS) is 12.6. The SMILES string of the molecule is C=C(C)NCC1CCCC(CNC(C)=O)C1.C=C(C)NCc1ccc(CNC(C)=O)cc1.C=C(C)c1ccc(C(C)=O)cc1.CC(=O)CC/C=C/CNC(C)=O.CC(=O)CCCCCNC(C)=O.CC(=O)Nc1ccc(NC(C)=O)cc1. The number of hydrogen-bond acceptors (Lipinski definition) is 11. The van der Waals surface area contributed by atoms with Gasteiger partial charge in [-0.3, -0.25) is 33.6 Å². The molecule has 0 heterocycles.